The summed E-state index contributed by atoms with van der Waals surface area (Å²) < 4.78 is 37.3. The predicted octanol–water partition coefficient (Wildman–Crippen LogP) is 3.13. The minimum atomic E-state index is -4.29. The maximum absolute atomic E-state index is 12.4. The van der Waals surface area contributed by atoms with Crippen molar-refractivity contribution in [3.8, 4) is 0 Å². The molecule has 5 heteroatoms. The molecule has 1 aromatic carbocycles. The van der Waals surface area contributed by atoms with E-state index >= 15 is 0 Å². The van der Waals surface area contributed by atoms with Gasteiger partial charge in [0.05, 0.1) is 11.7 Å². The first kappa shape index (κ1) is 14.3. The molecule has 0 radical (unpaired) electrons. The summed E-state index contributed by atoms with van der Waals surface area (Å²) in [5, 5.41) is 12.9. The van der Waals surface area contributed by atoms with Gasteiger partial charge in [0.15, 0.2) is 0 Å². The highest BCUT2D eigenvalue weighted by Gasteiger charge is 2.31. The summed E-state index contributed by atoms with van der Waals surface area (Å²) in [6.07, 6.45) is -2.51. The molecule has 2 atom stereocenters. The van der Waals surface area contributed by atoms with Gasteiger partial charge >= 0.3 is 6.18 Å². The summed E-state index contributed by atoms with van der Waals surface area (Å²) in [5.74, 6) is 0.396. The van der Waals surface area contributed by atoms with Crippen molar-refractivity contribution in [3.63, 3.8) is 0 Å². The number of nitrogens with one attached hydrogen (secondary N) is 1. The summed E-state index contributed by atoms with van der Waals surface area (Å²) in [7, 11) is 0. The average Bonchev–Trinajstić information content (AvgIpc) is 3.19. The van der Waals surface area contributed by atoms with Crippen LogP contribution in [-0.4, -0.2) is 17.8 Å². The van der Waals surface area contributed by atoms with Crippen molar-refractivity contribution in [2.75, 3.05) is 6.54 Å². The summed E-state index contributed by atoms with van der Waals surface area (Å²) in [6, 6.07) is 5.06. The summed E-state index contributed by atoms with van der Waals surface area (Å²) in [4.78, 5) is 0. The Balaban J connectivity index is 1.89. The van der Waals surface area contributed by atoms with Crippen molar-refractivity contribution in [1.82, 2.24) is 5.32 Å². The molecular formula is C14H18F3NO. The third-order valence-corrected chi connectivity index (χ3v) is 3.54. The van der Waals surface area contributed by atoms with Crippen LogP contribution in [0.1, 0.15) is 36.9 Å². The Kier molecular flexibility index (Phi) is 4.16. The third kappa shape index (κ3) is 3.94. The van der Waals surface area contributed by atoms with Crippen molar-refractivity contribution < 1.29 is 18.3 Å². The molecule has 19 heavy (non-hydrogen) atoms. The van der Waals surface area contributed by atoms with Gasteiger partial charge < -0.3 is 10.4 Å². The van der Waals surface area contributed by atoms with Crippen LogP contribution in [-0.2, 0) is 6.18 Å². The van der Waals surface area contributed by atoms with E-state index in [9.17, 15) is 18.3 Å². The highest BCUT2D eigenvalue weighted by molar-refractivity contribution is 5.26. The lowest BCUT2D eigenvalue weighted by Crippen LogP contribution is -2.30. The van der Waals surface area contributed by atoms with Gasteiger partial charge in [-0.25, -0.2) is 0 Å². The Morgan fingerprint density at radius 3 is 2.32 bits per heavy atom. The lowest BCUT2D eigenvalue weighted by molar-refractivity contribution is -0.137. The van der Waals surface area contributed by atoms with Crippen LogP contribution in [0.5, 0.6) is 0 Å². The number of rotatable bonds is 5. The van der Waals surface area contributed by atoms with Crippen LogP contribution in [0.3, 0.4) is 0 Å². The number of aliphatic hydroxyl groups is 1. The van der Waals surface area contributed by atoms with E-state index in [0.29, 0.717) is 12.5 Å². The van der Waals surface area contributed by atoms with E-state index in [2.05, 4.69) is 5.32 Å². The highest BCUT2D eigenvalue weighted by atomic mass is 19.4. The molecule has 1 aliphatic rings. The first-order valence-electron chi connectivity index (χ1n) is 6.46. The smallest absolute Gasteiger partial charge is 0.392 e. The molecule has 1 fully saturated rings. The monoisotopic (exact) mass is 273 g/mol. The van der Waals surface area contributed by atoms with Crippen LogP contribution in [0.25, 0.3) is 0 Å². The van der Waals surface area contributed by atoms with E-state index in [1.165, 1.54) is 12.1 Å². The normalized spacial score (nSPS) is 19.2. The standard InChI is InChI=1S/C14H18F3NO/c1-9(18-8-13(19)11-2-3-11)10-4-6-12(7-5-10)14(15,16)17/h4-7,9,11,13,18-19H,2-3,8H2,1H3. The summed E-state index contributed by atoms with van der Waals surface area (Å²) >= 11 is 0. The van der Waals surface area contributed by atoms with Gasteiger partial charge in [0.25, 0.3) is 0 Å². The Morgan fingerprint density at radius 2 is 1.84 bits per heavy atom. The van der Waals surface area contributed by atoms with E-state index in [0.717, 1.165) is 30.5 Å². The topological polar surface area (TPSA) is 32.3 Å². The Morgan fingerprint density at radius 1 is 1.26 bits per heavy atom. The molecule has 0 spiro atoms. The van der Waals surface area contributed by atoms with Gasteiger partial charge in [0.2, 0.25) is 0 Å². The maximum atomic E-state index is 12.4. The lowest BCUT2D eigenvalue weighted by Gasteiger charge is -2.18. The lowest BCUT2D eigenvalue weighted by atomic mass is 10.1. The summed E-state index contributed by atoms with van der Waals surface area (Å²) in [5.41, 5.74) is 0.150. The number of hydrogen-bond donors (Lipinski definition) is 2. The fraction of sp³-hybridized carbons (Fsp3) is 0.571. The second kappa shape index (κ2) is 5.51. The van der Waals surface area contributed by atoms with Crippen molar-refractivity contribution in [1.29, 1.82) is 0 Å². The van der Waals surface area contributed by atoms with E-state index in [1.807, 2.05) is 6.92 Å². The van der Waals surface area contributed by atoms with E-state index < -0.39 is 11.7 Å². The predicted molar refractivity (Wildman–Crippen MR) is 66.6 cm³/mol. The molecule has 1 saturated carbocycles. The number of hydrogen-bond acceptors (Lipinski definition) is 2. The minimum absolute atomic E-state index is 0.0734. The number of alkyl halides is 3. The molecule has 1 aromatic rings. The third-order valence-electron chi connectivity index (χ3n) is 3.54. The van der Waals surface area contributed by atoms with Gasteiger partial charge in [-0.2, -0.15) is 13.2 Å². The van der Waals surface area contributed by atoms with Crippen LogP contribution in [0.15, 0.2) is 24.3 Å². The quantitative estimate of drug-likeness (QED) is 0.864. The number of aliphatic hydroxyl groups excluding tert-OH is 1. The van der Waals surface area contributed by atoms with Gasteiger partial charge in [-0.1, -0.05) is 12.1 Å². The number of benzene rings is 1. The zero-order valence-corrected chi connectivity index (χ0v) is 10.7. The Hall–Kier alpha value is -1.07. The molecule has 0 heterocycles. The SMILES string of the molecule is CC(NCC(O)C1CC1)c1ccc(C(F)(F)F)cc1. The molecule has 0 amide bonds. The average molecular weight is 273 g/mol. The molecule has 0 aliphatic heterocycles. The summed E-state index contributed by atoms with van der Waals surface area (Å²) in [6.45, 7) is 2.36. The fourth-order valence-electron chi connectivity index (χ4n) is 2.02. The molecule has 0 aromatic heterocycles. The van der Waals surface area contributed by atoms with Gasteiger partial charge in [0.1, 0.15) is 0 Å². The van der Waals surface area contributed by atoms with Crippen molar-refractivity contribution >= 4 is 0 Å². The number of halogens is 3. The minimum Gasteiger partial charge on any atom is -0.392 e. The zero-order chi connectivity index (χ0) is 14.0. The molecule has 0 bridgehead atoms. The van der Waals surface area contributed by atoms with Gasteiger partial charge in [0, 0.05) is 12.6 Å². The molecule has 2 rings (SSSR count). The molecule has 106 valence electrons. The van der Waals surface area contributed by atoms with Crippen LogP contribution in [0.2, 0.25) is 0 Å². The molecule has 2 N–H and O–H groups in total. The van der Waals surface area contributed by atoms with Gasteiger partial charge in [-0.3, -0.25) is 0 Å². The van der Waals surface area contributed by atoms with E-state index in [1.54, 1.807) is 0 Å². The van der Waals surface area contributed by atoms with Crippen molar-refractivity contribution in [2.24, 2.45) is 5.92 Å². The first-order chi connectivity index (χ1) is 8.88. The van der Waals surface area contributed by atoms with Crippen LogP contribution >= 0.6 is 0 Å². The van der Waals surface area contributed by atoms with Crippen LogP contribution in [0, 0.1) is 5.92 Å². The first-order valence-corrected chi connectivity index (χ1v) is 6.46. The van der Waals surface area contributed by atoms with Crippen LogP contribution < -0.4 is 5.32 Å². The molecule has 0 saturated heterocycles. The van der Waals surface area contributed by atoms with E-state index in [-0.39, 0.29) is 12.1 Å². The van der Waals surface area contributed by atoms with Crippen molar-refractivity contribution in [3.05, 3.63) is 35.4 Å². The fourth-order valence-corrected chi connectivity index (χ4v) is 2.02. The zero-order valence-electron chi connectivity index (χ0n) is 10.7. The van der Waals surface area contributed by atoms with Gasteiger partial charge in [-0.15, -0.1) is 0 Å². The molecule has 1 aliphatic carbocycles. The largest absolute Gasteiger partial charge is 0.416 e. The van der Waals surface area contributed by atoms with Crippen molar-refractivity contribution in [2.45, 2.75) is 38.1 Å². The molecule has 2 unspecified atom stereocenters. The Labute approximate surface area is 110 Å². The van der Waals surface area contributed by atoms with E-state index in [4.69, 9.17) is 0 Å². The highest BCUT2D eigenvalue weighted by Crippen LogP contribution is 2.32. The Bertz CT molecular complexity index is 412. The van der Waals surface area contributed by atoms with Gasteiger partial charge in [-0.05, 0) is 43.4 Å². The maximum Gasteiger partial charge on any atom is 0.416 e. The second-order valence-electron chi connectivity index (χ2n) is 5.15. The second-order valence-corrected chi connectivity index (χ2v) is 5.15. The molecule has 2 nitrogen and oxygen atoms in total. The molecular weight excluding hydrogens is 255 g/mol. The van der Waals surface area contributed by atoms with Crippen LogP contribution in [0.4, 0.5) is 13.2 Å².